The topological polar surface area (TPSA) is 61.9 Å². The zero-order valence-corrected chi connectivity index (χ0v) is 15.9. The first kappa shape index (κ1) is 19.0. The van der Waals surface area contributed by atoms with Crippen LogP contribution in [0.5, 0.6) is 5.75 Å². The Morgan fingerprint density at radius 3 is 2.22 bits per heavy atom. The van der Waals surface area contributed by atoms with Gasteiger partial charge in [0.05, 0.1) is 0 Å². The normalized spacial score (nSPS) is 14.0. The summed E-state index contributed by atoms with van der Waals surface area (Å²) in [6.45, 7) is 4.32. The second-order valence-electron chi connectivity index (χ2n) is 6.34. The molecule has 2 amide bonds. The summed E-state index contributed by atoms with van der Waals surface area (Å²) in [6, 6.07) is 14.7. The molecule has 0 spiro atoms. The number of anilines is 2. The molecule has 0 aliphatic carbocycles. The van der Waals surface area contributed by atoms with Crippen molar-refractivity contribution in [3.8, 4) is 5.75 Å². The molecule has 142 valence electrons. The average molecular weight is 388 g/mol. The van der Waals surface area contributed by atoms with Crippen molar-refractivity contribution in [2.24, 2.45) is 0 Å². The average Bonchev–Trinajstić information content (AvgIpc) is 2.67. The van der Waals surface area contributed by atoms with Crippen LogP contribution in [0.1, 0.15) is 6.92 Å². The van der Waals surface area contributed by atoms with Gasteiger partial charge in [0.1, 0.15) is 5.75 Å². The molecule has 2 aromatic carbocycles. The van der Waals surface area contributed by atoms with Gasteiger partial charge in [-0.15, -0.1) is 0 Å². The second-order valence-corrected chi connectivity index (χ2v) is 6.77. The van der Waals surface area contributed by atoms with Crippen molar-refractivity contribution in [2.45, 2.75) is 6.92 Å². The first-order valence-corrected chi connectivity index (χ1v) is 9.18. The monoisotopic (exact) mass is 387 g/mol. The molecule has 7 heteroatoms. The number of piperazine rings is 1. The number of ether oxygens (including phenoxy) is 1. The largest absolute Gasteiger partial charge is 0.484 e. The van der Waals surface area contributed by atoms with Gasteiger partial charge in [-0.2, -0.15) is 0 Å². The third-order valence-corrected chi connectivity index (χ3v) is 4.61. The molecule has 0 saturated carbocycles. The maximum absolute atomic E-state index is 12.3. The van der Waals surface area contributed by atoms with E-state index in [-0.39, 0.29) is 18.4 Å². The van der Waals surface area contributed by atoms with Crippen LogP contribution in [0.25, 0.3) is 0 Å². The minimum Gasteiger partial charge on any atom is -0.484 e. The fourth-order valence-corrected chi connectivity index (χ4v) is 3.07. The molecule has 1 saturated heterocycles. The van der Waals surface area contributed by atoms with Crippen LogP contribution in [0.2, 0.25) is 5.02 Å². The maximum atomic E-state index is 12.3. The smallest absolute Gasteiger partial charge is 0.260 e. The first-order chi connectivity index (χ1) is 13.0. The van der Waals surface area contributed by atoms with Crippen molar-refractivity contribution in [3.05, 3.63) is 53.6 Å². The highest BCUT2D eigenvalue weighted by molar-refractivity contribution is 6.30. The molecular weight excluding hydrogens is 366 g/mol. The van der Waals surface area contributed by atoms with E-state index in [1.807, 2.05) is 29.2 Å². The molecule has 1 aliphatic rings. The van der Waals surface area contributed by atoms with Crippen LogP contribution in [0.3, 0.4) is 0 Å². The molecule has 1 aliphatic heterocycles. The number of nitrogens with zero attached hydrogens (tertiary/aromatic N) is 2. The molecule has 0 bridgehead atoms. The van der Waals surface area contributed by atoms with Crippen molar-refractivity contribution >= 4 is 34.8 Å². The summed E-state index contributed by atoms with van der Waals surface area (Å²) in [5, 5.41) is 3.39. The van der Waals surface area contributed by atoms with Gasteiger partial charge in [0.15, 0.2) is 6.61 Å². The van der Waals surface area contributed by atoms with Crippen LogP contribution in [-0.2, 0) is 9.59 Å². The van der Waals surface area contributed by atoms with E-state index < -0.39 is 0 Å². The van der Waals surface area contributed by atoms with Gasteiger partial charge in [0.25, 0.3) is 5.91 Å². The molecule has 3 rings (SSSR count). The standard InChI is InChI=1S/C20H22ClN3O3/c1-15(25)22-17-4-6-18(7-5-17)23-10-12-24(13-11-23)20(26)14-27-19-8-2-16(21)3-9-19/h2-9H,10-14H2,1H3,(H,22,25). The van der Waals surface area contributed by atoms with Crippen LogP contribution in [-0.4, -0.2) is 49.5 Å². The van der Waals surface area contributed by atoms with Crippen molar-refractivity contribution < 1.29 is 14.3 Å². The van der Waals surface area contributed by atoms with Crippen LogP contribution in [0.4, 0.5) is 11.4 Å². The summed E-state index contributed by atoms with van der Waals surface area (Å²) in [4.78, 5) is 27.5. The Morgan fingerprint density at radius 1 is 1.00 bits per heavy atom. The van der Waals surface area contributed by atoms with Gasteiger partial charge < -0.3 is 19.9 Å². The minimum atomic E-state index is -0.0873. The highest BCUT2D eigenvalue weighted by Crippen LogP contribution is 2.20. The predicted octanol–water partition coefficient (Wildman–Crippen LogP) is 3.03. The highest BCUT2D eigenvalue weighted by Gasteiger charge is 2.21. The van der Waals surface area contributed by atoms with Crippen LogP contribution in [0.15, 0.2) is 48.5 Å². The molecule has 2 aromatic rings. The number of halogens is 1. The van der Waals surface area contributed by atoms with E-state index in [0.717, 1.165) is 24.5 Å². The zero-order chi connectivity index (χ0) is 19.2. The lowest BCUT2D eigenvalue weighted by molar-refractivity contribution is -0.133. The van der Waals surface area contributed by atoms with Crippen LogP contribution < -0.4 is 15.0 Å². The molecular formula is C20H22ClN3O3. The molecule has 1 fully saturated rings. The first-order valence-electron chi connectivity index (χ1n) is 8.80. The Morgan fingerprint density at radius 2 is 1.63 bits per heavy atom. The molecule has 27 heavy (non-hydrogen) atoms. The molecule has 0 aromatic heterocycles. The Kier molecular flexibility index (Phi) is 6.19. The van der Waals surface area contributed by atoms with Crippen molar-refractivity contribution in [3.63, 3.8) is 0 Å². The van der Waals surface area contributed by atoms with Gasteiger partial charge in [-0.3, -0.25) is 9.59 Å². The number of carbonyl (C=O) groups is 2. The highest BCUT2D eigenvalue weighted by atomic mass is 35.5. The lowest BCUT2D eigenvalue weighted by Crippen LogP contribution is -2.50. The van der Waals surface area contributed by atoms with E-state index in [0.29, 0.717) is 23.9 Å². The van der Waals surface area contributed by atoms with Crippen LogP contribution in [0, 0.1) is 0 Å². The summed E-state index contributed by atoms with van der Waals surface area (Å²) in [5.74, 6) is 0.520. The number of hydrogen-bond acceptors (Lipinski definition) is 4. The van der Waals surface area contributed by atoms with Crippen molar-refractivity contribution in [2.75, 3.05) is 43.0 Å². The van der Waals surface area contributed by atoms with E-state index >= 15 is 0 Å². The number of nitrogens with one attached hydrogen (secondary N) is 1. The molecule has 1 N–H and O–H groups in total. The molecule has 0 unspecified atom stereocenters. The summed E-state index contributed by atoms with van der Waals surface area (Å²) in [5.41, 5.74) is 1.85. The Labute approximate surface area is 163 Å². The number of benzene rings is 2. The second kappa shape index (κ2) is 8.77. The van der Waals surface area contributed by atoms with E-state index in [1.165, 1.54) is 6.92 Å². The van der Waals surface area contributed by atoms with Crippen LogP contribution >= 0.6 is 11.6 Å². The fraction of sp³-hybridized carbons (Fsp3) is 0.300. The summed E-state index contributed by atoms with van der Waals surface area (Å²) in [7, 11) is 0. The van der Waals surface area contributed by atoms with E-state index in [2.05, 4.69) is 10.2 Å². The fourth-order valence-electron chi connectivity index (χ4n) is 2.94. The zero-order valence-electron chi connectivity index (χ0n) is 15.2. The van der Waals surface area contributed by atoms with E-state index in [4.69, 9.17) is 16.3 Å². The third-order valence-electron chi connectivity index (χ3n) is 4.36. The van der Waals surface area contributed by atoms with Crippen molar-refractivity contribution in [1.29, 1.82) is 0 Å². The molecule has 6 nitrogen and oxygen atoms in total. The lowest BCUT2D eigenvalue weighted by Gasteiger charge is -2.36. The number of carbonyl (C=O) groups excluding carboxylic acids is 2. The minimum absolute atomic E-state index is 0.0209. The Hall–Kier alpha value is -2.73. The third kappa shape index (κ3) is 5.37. The van der Waals surface area contributed by atoms with Gasteiger partial charge >= 0.3 is 0 Å². The Bertz CT molecular complexity index is 785. The predicted molar refractivity (Wildman–Crippen MR) is 106 cm³/mol. The quantitative estimate of drug-likeness (QED) is 0.856. The van der Waals surface area contributed by atoms with Crippen molar-refractivity contribution in [1.82, 2.24) is 4.90 Å². The SMILES string of the molecule is CC(=O)Nc1ccc(N2CCN(C(=O)COc3ccc(Cl)cc3)CC2)cc1. The maximum Gasteiger partial charge on any atom is 0.260 e. The molecule has 0 atom stereocenters. The van der Waals surface area contributed by atoms with E-state index in [1.54, 1.807) is 24.3 Å². The number of amides is 2. The number of rotatable bonds is 5. The molecule has 1 heterocycles. The van der Waals surface area contributed by atoms with Gasteiger partial charge in [0.2, 0.25) is 5.91 Å². The molecule has 0 radical (unpaired) electrons. The summed E-state index contributed by atoms with van der Waals surface area (Å²) >= 11 is 5.84. The van der Waals surface area contributed by atoms with Gasteiger partial charge in [0, 0.05) is 49.5 Å². The van der Waals surface area contributed by atoms with Gasteiger partial charge in [-0.1, -0.05) is 11.6 Å². The Balaban J connectivity index is 1.47. The number of hydrogen-bond donors (Lipinski definition) is 1. The summed E-state index contributed by atoms with van der Waals surface area (Å²) in [6.07, 6.45) is 0. The lowest BCUT2D eigenvalue weighted by atomic mass is 10.2. The van der Waals surface area contributed by atoms with Gasteiger partial charge in [-0.25, -0.2) is 0 Å². The summed E-state index contributed by atoms with van der Waals surface area (Å²) < 4.78 is 5.53. The van der Waals surface area contributed by atoms with E-state index in [9.17, 15) is 9.59 Å². The van der Waals surface area contributed by atoms with Gasteiger partial charge in [-0.05, 0) is 48.5 Å².